The van der Waals surface area contributed by atoms with Crippen molar-refractivity contribution in [2.24, 2.45) is 11.8 Å². The Morgan fingerprint density at radius 3 is 1.74 bits per heavy atom. The third kappa shape index (κ3) is 11.3. The zero-order chi connectivity index (χ0) is 14.3. The molecule has 0 saturated heterocycles. The van der Waals surface area contributed by atoms with Crippen molar-refractivity contribution in [3.63, 3.8) is 0 Å². The summed E-state index contributed by atoms with van der Waals surface area (Å²) in [6.07, 6.45) is 19.9. The Morgan fingerprint density at radius 2 is 1.21 bits per heavy atom. The average Bonchev–Trinajstić information content (AvgIpc) is 2.44. The normalized spacial score (nSPS) is 14.9. The van der Waals surface area contributed by atoms with Gasteiger partial charge in [0.1, 0.15) is 0 Å². The molecule has 0 aromatic carbocycles. The van der Waals surface area contributed by atoms with Crippen molar-refractivity contribution in [3.8, 4) is 0 Å². The molecule has 0 heteroatoms. The molecule has 2 unspecified atom stereocenters. The zero-order valence-corrected chi connectivity index (χ0v) is 14.1. The van der Waals surface area contributed by atoms with E-state index >= 15 is 0 Å². The number of hydrogen-bond donors (Lipinski definition) is 0. The van der Waals surface area contributed by atoms with Crippen LogP contribution in [0.15, 0.2) is 12.2 Å². The van der Waals surface area contributed by atoms with Crippen molar-refractivity contribution in [1.29, 1.82) is 0 Å². The van der Waals surface area contributed by atoms with Crippen LogP contribution in [0.3, 0.4) is 0 Å². The van der Waals surface area contributed by atoms with Crippen molar-refractivity contribution in [2.45, 2.75) is 98.3 Å². The van der Waals surface area contributed by atoms with E-state index in [1.807, 2.05) is 0 Å². The van der Waals surface area contributed by atoms with Gasteiger partial charge in [0.05, 0.1) is 0 Å². The van der Waals surface area contributed by atoms with Gasteiger partial charge in [-0.2, -0.15) is 0 Å². The van der Waals surface area contributed by atoms with E-state index in [1.165, 1.54) is 70.6 Å². The van der Waals surface area contributed by atoms with E-state index in [9.17, 15) is 0 Å². The van der Waals surface area contributed by atoms with E-state index < -0.39 is 0 Å². The predicted molar refractivity (Wildman–Crippen MR) is 89.6 cm³/mol. The zero-order valence-electron chi connectivity index (χ0n) is 14.1. The third-order valence-electron chi connectivity index (χ3n) is 4.44. The largest absolute Gasteiger partial charge is 0.0885 e. The quantitative estimate of drug-likeness (QED) is 0.245. The molecule has 0 aliphatic carbocycles. The smallest absolute Gasteiger partial charge is 0.0351 e. The van der Waals surface area contributed by atoms with Crippen LogP contribution in [0.5, 0.6) is 0 Å². The number of hydrogen-bond acceptors (Lipinski definition) is 0. The second kappa shape index (κ2) is 14.2. The third-order valence-corrected chi connectivity index (χ3v) is 4.44. The molecule has 0 aromatic rings. The van der Waals surface area contributed by atoms with Crippen LogP contribution in [0.4, 0.5) is 0 Å². The summed E-state index contributed by atoms with van der Waals surface area (Å²) in [7, 11) is 0. The highest BCUT2D eigenvalue weighted by Gasteiger charge is 2.10. The van der Waals surface area contributed by atoms with Gasteiger partial charge in [0.25, 0.3) is 0 Å². The fraction of sp³-hybridized carbons (Fsp3) is 0.895. The van der Waals surface area contributed by atoms with Crippen LogP contribution in [0.1, 0.15) is 98.3 Å². The summed E-state index contributed by atoms with van der Waals surface area (Å²) in [5.41, 5.74) is 0. The second-order valence-electron chi connectivity index (χ2n) is 6.11. The summed E-state index contributed by atoms with van der Waals surface area (Å²) in [4.78, 5) is 0. The van der Waals surface area contributed by atoms with Gasteiger partial charge in [-0.3, -0.25) is 0 Å². The van der Waals surface area contributed by atoms with Gasteiger partial charge in [-0.15, -0.1) is 0 Å². The molecule has 0 rings (SSSR count). The molecule has 0 saturated carbocycles. The molecule has 0 nitrogen and oxygen atoms in total. The molecule has 0 spiro atoms. The van der Waals surface area contributed by atoms with Gasteiger partial charge < -0.3 is 0 Å². The van der Waals surface area contributed by atoms with Gasteiger partial charge >= 0.3 is 0 Å². The van der Waals surface area contributed by atoms with Crippen LogP contribution >= 0.6 is 0 Å². The summed E-state index contributed by atoms with van der Waals surface area (Å²) < 4.78 is 0. The highest BCUT2D eigenvalue weighted by Crippen LogP contribution is 2.25. The van der Waals surface area contributed by atoms with Crippen molar-refractivity contribution in [3.05, 3.63) is 12.2 Å². The second-order valence-corrected chi connectivity index (χ2v) is 6.11. The summed E-state index contributed by atoms with van der Waals surface area (Å²) in [5.74, 6) is 1.97. The molecular formula is C19H38. The Balaban J connectivity index is 3.69. The Kier molecular flexibility index (Phi) is 14.0. The van der Waals surface area contributed by atoms with Gasteiger partial charge in [0.15, 0.2) is 0 Å². The van der Waals surface area contributed by atoms with E-state index in [0.29, 0.717) is 0 Å². The molecule has 0 N–H and O–H groups in total. The molecule has 2 atom stereocenters. The van der Waals surface area contributed by atoms with E-state index in [2.05, 4.69) is 39.8 Å². The standard InChI is InChI=1S/C19H38/c1-5-9-10-11-12-13-15-19(8-4)17-16-18(7-3)14-6-2/h10-11,18-19H,5-9,12-17H2,1-4H3/b11-10+. The average molecular weight is 267 g/mol. The molecule has 0 aromatic heterocycles. The fourth-order valence-corrected chi connectivity index (χ4v) is 2.91. The first kappa shape index (κ1) is 18.7. The molecule has 0 amide bonds. The Hall–Kier alpha value is -0.260. The highest BCUT2D eigenvalue weighted by atomic mass is 14.2. The lowest BCUT2D eigenvalue weighted by Crippen LogP contribution is -2.05. The van der Waals surface area contributed by atoms with Crippen LogP contribution in [0.2, 0.25) is 0 Å². The maximum absolute atomic E-state index is 2.39. The molecular weight excluding hydrogens is 228 g/mol. The first-order valence-corrected chi connectivity index (χ1v) is 8.93. The van der Waals surface area contributed by atoms with Gasteiger partial charge in [0.2, 0.25) is 0 Å². The molecule has 0 radical (unpaired) electrons. The molecule has 114 valence electrons. The Bertz CT molecular complexity index is 192. The monoisotopic (exact) mass is 266 g/mol. The molecule has 0 fully saturated rings. The predicted octanol–water partition coefficient (Wildman–Crippen LogP) is 7.15. The van der Waals surface area contributed by atoms with Gasteiger partial charge in [0, 0.05) is 0 Å². The number of allylic oxidation sites excluding steroid dienone is 2. The lowest BCUT2D eigenvalue weighted by molar-refractivity contribution is 0.343. The first-order chi connectivity index (χ1) is 9.28. The SMILES string of the molecule is CCC/C=C/CCCC(CC)CCC(CC)CCC. The van der Waals surface area contributed by atoms with E-state index in [1.54, 1.807) is 0 Å². The molecule has 0 aliphatic rings. The topological polar surface area (TPSA) is 0 Å². The highest BCUT2D eigenvalue weighted by molar-refractivity contribution is 4.81. The summed E-state index contributed by atoms with van der Waals surface area (Å²) in [6.45, 7) is 9.30. The minimum Gasteiger partial charge on any atom is -0.0885 e. The van der Waals surface area contributed by atoms with Gasteiger partial charge in [-0.25, -0.2) is 0 Å². The van der Waals surface area contributed by atoms with Gasteiger partial charge in [-0.05, 0) is 31.1 Å². The maximum Gasteiger partial charge on any atom is -0.0351 e. The van der Waals surface area contributed by atoms with Crippen LogP contribution < -0.4 is 0 Å². The van der Waals surface area contributed by atoms with Gasteiger partial charge in [-0.1, -0.05) is 91.2 Å². The molecule has 0 heterocycles. The van der Waals surface area contributed by atoms with Crippen molar-refractivity contribution in [1.82, 2.24) is 0 Å². The molecule has 0 bridgehead atoms. The Morgan fingerprint density at radius 1 is 0.632 bits per heavy atom. The fourth-order valence-electron chi connectivity index (χ4n) is 2.91. The minimum atomic E-state index is 0.977. The summed E-state index contributed by atoms with van der Waals surface area (Å²) in [5, 5.41) is 0. The van der Waals surface area contributed by atoms with E-state index in [4.69, 9.17) is 0 Å². The van der Waals surface area contributed by atoms with Crippen molar-refractivity contribution in [2.75, 3.05) is 0 Å². The molecule has 19 heavy (non-hydrogen) atoms. The maximum atomic E-state index is 2.39. The summed E-state index contributed by atoms with van der Waals surface area (Å²) in [6, 6.07) is 0. The van der Waals surface area contributed by atoms with Crippen LogP contribution in [-0.2, 0) is 0 Å². The van der Waals surface area contributed by atoms with E-state index in [0.717, 1.165) is 11.8 Å². The lowest BCUT2D eigenvalue weighted by Gasteiger charge is -2.19. The number of unbranched alkanes of at least 4 members (excludes halogenated alkanes) is 2. The first-order valence-electron chi connectivity index (χ1n) is 8.93. The van der Waals surface area contributed by atoms with Crippen molar-refractivity contribution < 1.29 is 0 Å². The summed E-state index contributed by atoms with van der Waals surface area (Å²) >= 11 is 0. The Labute approximate surface area is 123 Å². The minimum absolute atomic E-state index is 0.977. The van der Waals surface area contributed by atoms with Crippen molar-refractivity contribution >= 4 is 0 Å². The van der Waals surface area contributed by atoms with E-state index in [-0.39, 0.29) is 0 Å². The van der Waals surface area contributed by atoms with Crippen LogP contribution in [0, 0.1) is 11.8 Å². The lowest BCUT2D eigenvalue weighted by atomic mass is 9.87. The number of rotatable bonds is 13. The van der Waals surface area contributed by atoms with Crippen LogP contribution in [0.25, 0.3) is 0 Å². The van der Waals surface area contributed by atoms with Crippen LogP contribution in [-0.4, -0.2) is 0 Å². The molecule has 0 aliphatic heterocycles.